The van der Waals surface area contributed by atoms with Gasteiger partial charge in [0.25, 0.3) is 6.54 Å². The highest BCUT2D eigenvalue weighted by molar-refractivity contribution is 7.99. The van der Waals surface area contributed by atoms with Gasteiger partial charge < -0.3 is 15.5 Å². The van der Waals surface area contributed by atoms with Gasteiger partial charge in [-0.15, -0.1) is 11.8 Å². The number of nitrogens with one attached hydrogen (secondary N) is 1. The number of nitro groups is 1. The van der Waals surface area contributed by atoms with E-state index in [0.29, 0.717) is 6.54 Å². The van der Waals surface area contributed by atoms with E-state index >= 15 is 0 Å². The topological polar surface area (TPSA) is 108 Å². The van der Waals surface area contributed by atoms with Crippen molar-refractivity contribution in [2.24, 2.45) is 4.99 Å². The molecule has 2 unspecified atom stereocenters. The van der Waals surface area contributed by atoms with Crippen molar-refractivity contribution in [3.05, 3.63) is 63.7 Å². The lowest BCUT2D eigenvalue weighted by Gasteiger charge is -2.43. The summed E-state index contributed by atoms with van der Waals surface area (Å²) in [6.07, 6.45) is 0.185. The second kappa shape index (κ2) is 16.5. The molecule has 250 valence electrons. The second-order valence-electron chi connectivity index (χ2n) is 11.8. The lowest BCUT2D eigenvalue weighted by Crippen LogP contribution is -2.36. The number of halogens is 5. The van der Waals surface area contributed by atoms with Crippen LogP contribution in [0.15, 0.2) is 52.4 Å². The van der Waals surface area contributed by atoms with Gasteiger partial charge in [0.05, 0.1) is 0 Å². The molecule has 13 heteroatoms. The highest BCUT2D eigenvalue weighted by Gasteiger charge is 2.56. The standard InChI is InChI=1S/C32H42F5N3O4S/c1-30(23-11-13-24(41)14-12-23)22-45-28-20-25(42)15-16-26(28)27(30)10-7-5-3-2-4-6-8-18-38-29(21-40(43)44)39-19-9-17-31(33,34)32(35,36)37/h11-16,20,27,41-42H,2-10,17-19,21-22H2,1H3,(H,38,39). The minimum atomic E-state index is -5.62. The van der Waals surface area contributed by atoms with Crippen molar-refractivity contribution in [3.63, 3.8) is 0 Å². The normalized spacial score (nSPS) is 18.9. The monoisotopic (exact) mass is 659 g/mol. The van der Waals surface area contributed by atoms with Gasteiger partial charge in [0.1, 0.15) is 11.5 Å². The van der Waals surface area contributed by atoms with Gasteiger partial charge in [-0.1, -0.05) is 63.6 Å². The predicted molar refractivity (Wildman–Crippen MR) is 166 cm³/mol. The lowest BCUT2D eigenvalue weighted by atomic mass is 9.68. The number of thioether (sulfide) groups is 1. The zero-order valence-electron chi connectivity index (χ0n) is 25.4. The average Bonchev–Trinajstić information content (AvgIpc) is 2.96. The molecule has 3 rings (SSSR count). The summed E-state index contributed by atoms with van der Waals surface area (Å²) in [6.45, 7) is 1.67. The van der Waals surface area contributed by atoms with Gasteiger partial charge in [0, 0.05) is 40.5 Å². The molecule has 2 atom stereocenters. The maximum atomic E-state index is 13.0. The molecule has 0 spiro atoms. The minimum Gasteiger partial charge on any atom is -0.508 e. The van der Waals surface area contributed by atoms with Crippen molar-refractivity contribution >= 4 is 17.6 Å². The molecule has 3 N–H and O–H groups in total. The summed E-state index contributed by atoms with van der Waals surface area (Å²) in [4.78, 5) is 15.2. The molecular weight excluding hydrogens is 617 g/mol. The molecule has 0 bridgehead atoms. The van der Waals surface area contributed by atoms with Gasteiger partial charge in [-0.05, 0) is 60.6 Å². The van der Waals surface area contributed by atoms with E-state index in [4.69, 9.17) is 0 Å². The Morgan fingerprint density at radius 2 is 1.60 bits per heavy atom. The third-order valence-corrected chi connectivity index (χ3v) is 9.75. The van der Waals surface area contributed by atoms with Gasteiger partial charge in [0.2, 0.25) is 0 Å². The van der Waals surface area contributed by atoms with Crippen LogP contribution in [0.5, 0.6) is 11.5 Å². The number of hydrogen-bond acceptors (Lipinski definition) is 6. The van der Waals surface area contributed by atoms with E-state index in [2.05, 4.69) is 17.2 Å². The number of benzene rings is 2. The van der Waals surface area contributed by atoms with E-state index in [1.54, 1.807) is 30.0 Å². The fourth-order valence-corrected chi connectivity index (χ4v) is 7.14. The van der Waals surface area contributed by atoms with Crippen LogP contribution in [0.25, 0.3) is 0 Å². The number of nitrogens with zero attached hydrogens (tertiary/aromatic N) is 2. The number of aliphatic imine (C=N–C) groups is 1. The van der Waals surface area contributed by atoms with Gasteiger partial charge in [-0.3, -0.25) is 15.1 Å². The third kappa shape index (κ3) is 10.7. The molecule has 0 aliphatic carbocycles. The molecule has 0 saturated carbocycles. The van der Waals surface area contributed by atoms with Crippen LogP contribution in [0, 0.1) is 10.1 Å². The second-order valence-corrected chi connectivity index (χ2v) is 12.9. The summed E-state index contributed by atoms with van der Waals surface area (Å²) in [7, 11) is 0. The Hall–Kier alpha value is -3.09. The summed E-state index contributed by atoms with van der Waals surface area (Å²) in [5, 5.41) is 33.5. The number of rotatable bonds is 17. The van der Waals surface area contributed by atoms with Crippen LogP contribution in [0.3, 0.4) is 0 Å². The van der Waals surface area contributed by atoms with E-state index in [-0.39, 0.29) is 35.2 Å². The number of amidine groups is 1. The fraction of sp³-hybridized carbons (Fsp3) is 0.594. The van der Waals surface area contributed by atoms with E-state index < -0.39 is 36.4 Å². The quantitative estimate of drug-likeness (QED) is 0.0392. The largest absolute Gasteiger partial charge is 0.508 e. The molecule has 0 aromatic heterocycles. The zero-order chi connectivity index (χ0) is 33.1. The molecule has 1 aliphatic rings. The van der Waals surface area contributed by atoms with Crippen LogP contribution in [0.2, 0.25) is 0 Å². The SMILES string of the molecule is CC1(c2ccc(O)cc2)CSc2cc(O)ccc2C1CCCCCCCCCNC(C[N+](=O)[O-])=NCCCC(F)(F)C(F)(F)F. The Bertz CT molecular complexity index is 1280. The number of unbranched alkanes of at least 4 members (excludes halogenated alkanes) is 6. The summed E-state index contributed by atoms with van der Waals surface area (Å²) < 4.78 is 62.9. The van der Waals surface area contributed by atoms with Crippen molar-refractivity contribution in [2.75, 3.05) is 25.4 Å². The number of phenols is 2. The molecular formula is C32H42F5N3O4S. The number of phenolic OH excluding ortho intramolecular Hbond substituents is 2. The zero-order valence-corrected chi connectivity index (χ0v) is 26.2. The highest BCUT2D eigenvalue weighted by Crippen LogP contribution is 2.52. The van der Waals surface area contributed by atoms with Crippen molar-refractivity contribution in [1.82, 2.24) is 5.32 Å². The molecule has 45 heavy (non-hydrogen) atoms. The third-order valence-electron chi connectivity index (χ3n) is 8.34. The summed E-state index contributed by atoms with van der Waals surface area (Å²) >= 11 is 1.75. The Morgan fingerprint density at radius 3 is 2.24 bits per heavy atom. The van der Waals surface area contributed by atoms with Crippen molar-refractivity contribution in [3.8, 4) is 11.5 Å². The van der Waals surface area contributed by atoms with Crippen molar-refractivity contribution in [1.29, 1.82) is 0 Å². The first kappa shape index (κ1) is 36.4. The van der Waals surface area contributed by atoms with Crippen LogP contribution in [-0.4, -0.2) is 58.5 Å². The van der Waals surface area contributed by atoms with E-state index in [0.717, 1.165) is 62.0 Å². The molecule has 0 radical (unpaired) electrons. The van der Waals surface area contributed by atoms with Gasteiger partial charge in [-0.25, -0.2) is 0 Å². The number of fused-ring (bicyclic) bond motifs is 1. The average molecular weight is 660 g/mol. The molecule has 0 fully saturated rings. The van der Waals surface area contributed by atoms with Crippen molar-refractivity contribution < 1.29 is 37.1 Å². The van der Waals surface area contributed by atoms with Crippen LogP contribution in [0.4, 0.5) is 22.0 Å². The molecule has 7 nitrogen and oxygen atoms in total. The Morgan fingerprint density at radius 1 is 0.978 bits per heavy atom. The van der Waals surface area contributed by atoms with Gasteiger partial charge >= 0.3 is 12.1 Å². The first-order chi connectivity index (χ1) is 21.2. The molecule has 2 aromatic rings. The molecule has 0 amide bonds. The smallest absolute Gasteiger partial charge is 0.453 e. The Labute approximate surface area is 264 Å². The van der Waals surface area contributed by atoms with E-state index in [1.807, 2.05) is 24.3 Å². The first-order valence-corrected chi connectivity index (χ1v) is 16.3. The first-order valence-electron chi connectivity index (χ1n) is 15.3. The maximum absolute atomic E-state index is 13.0. The summed E-state index contributed by atoms with van der Waals surface area (Å²) in [5.74, 6) is -3.19. The number of hydrogen-bond donors (Lipinski definition) is 3. The van der Waals surface area contributed by atoms with Crippen LogP contribution < -0.4 is 5.32 Å². The summed E-state index contributed by atoms with van der Waals surface area (Å²) in [6, 6.07) is 13.1. The molecule has 0 saturated heterocycles. The molecule has 2 aromatic carbocycles. The van der Waals surface area contributed by atoms with Gasteiger partial charge in [0.15, 0.2) is 5.84 Å². The maximum Gasteiger partial charge on any atom is 0.453 e. The highest BCUT2D eigenvalue weighted by atomic mass is 32.2. The lowest BCUT2D eigenvalue weighted by molar-refractivity contribution is -0.463. The minimum absolute atomic E-state index is 0.0208. The van der Waals surface area contributed by atoms with Crippen LogP contribution in [0.1, 0.15) is 88.2 Å². The van der Waals surface area contributed by atoms with Crippen molar-refractivity contribution in [2.45, 2.75) is 99.5 Å². The molecule has 1 aliphatic heterocycles. The number of alkyl halides is 5. The van der Waals surface area contributed by atoms with E-state index in [9.17, 15) is 42.3 Å². The fourth-order valence-electron chi connectivity index (χ4n) is 5.74. The van der Waals surface area contributed by atoms with E-state index in [1.165, 1.54) is 11.1 Å². The number of aromatic hydroxyl groups is 2. The van der Waals surface area contributed by atoms with Crippen LogP contribution in [-0.2, 0) is 5.41 Å². The van der Waals surface area contributed by atoms with Crippen LogP contribution >= 0.6 is 11.8 Å². The predicted octanol–water partition coefficient (Wildman–Crippen LogP) is 8.61. The summed E-state index contributed by atoms with van der Waals surface area (Å²) in [5.41, 5.74) is 2.30. The Kier molecular flexibility index (Phi) is 13.3. The molecule has 1 heterocycles. The Balaban J connectivity index is 1.39. The van der Waals surface area contributed by atoms with Gasteiger partial charge in [-0.2, -0.15) is 22.0 Å².